The third-order valence-corrected chi connectivity index (χ3v) is 1.84. The monoisotopic (exact) mass is 186 g/mol. The average Bonchev–Trinajstić information content (AvgIpc) is 2.86. The Balaban J connectivity index is 2.24. The van der Waals surface area contributed by atoms with Gasteiger partial charge in [0.1, 0.15) is 0 Å². The first kappa shape index (κ1) is 7.19. The first-order valence-corrected chi connectivity index (χ1v) is 4.10. The fourth-order valence-corrected chi connectivity index (χ4v) is 1.24. The van der Waals surface area contributed by atoms with Crippen molar-refractivity contribution in [3.63, 3.8) is 0 Å². The molecule has 3 rings (SSSR count). The van der Waals surface area contributed by atoms with Gasteiger partial charge in [0.15, 0.2) is 11.3 Å². The quantitative estimate of drug-likeness (QED) is 0.602. The Morgan fingerprint density at radius 3 is 2.86 bits per heavy atom. The fraction of sp³-hybridized carbons (Fsp3) is 0. The number of aromatic nitrogens is 6. The van der Waals surface area contributed by atoms with E-state index >= 15 is 0 Å². The summed E-state index contributed by atoms with van der Waals surface area (Å²) < 4.78 is 1.63. The van der Waals surface area contributed by atoms with Crippen LogP contribution in [-0.4, -0.2) is 29.7 Å². The van der Waals surface area contributed by atoms with Crippen LogP contribution in [0.5, 0.6) is 0 Å². The molecule has 0 unspecified atom stereocenters. The lowest BCUT2D eigenvalue weighted by molar-refractivity contribution is 0.827. The summed E-state index contributed by atoms with van der Waals surface area (Å²) in [4.78, 5) is 15.4. The van der Waals surface area contributed by atoms with Gasteiger partial charge >= 0.3 is 0 Å². The molecule has 0 bridgehead atoms. The van der Waals surface area contributed by atoms with Crippen LogP contribution in [0.15, 0.2) is 30.9 Å². The molecule has 0 amide bonds. The van der Waals surface area contributed by atoms with Crippen LogP contribution in [0.2, 0.25) is 0 Å². The standard InChI is InChI=1S/C8H6N6/c1-2-11-14(5-1)8-12-6-7(13-8)10-4-3-9-6/h1-5H,(H,9,10,12,13). The second-order valence-corrected chi connectivity index (χ2v) is 2.74. The van der Waals surface area contributed by atoms with Crippen LogP contribution in [0.3, 0.4) is 0 Å². The summed E-state index contributed by atoms with van der Waals surface area (Å²) in [6.07, 6.45) is 6.72. The van der Waals surface area contributed by atoms with Crippen LogP contribution >= 0.6 is 0 Å². The van der Waals surface area contributed by atoms with E-state index in [0.29, 0.717) is 17.2 Å². The van der Waals surface area contributed by atoms with Gasteiger partial charge in [-0.1, -0.05) is 0 Å². The van der Waals surface area contributed by atoms with E-state index in [0.717, 1.165) is 0 Å². The Labute approximate surface area is 78.6 Å². The summed E-state index contributed by atoms with van der Waals surface area (Å²) in [6, 6.07) is 1.83. The molecule has 0 radical (unpaired) electrons. The number of rotatable bonds is 1. The molecule has 3 aromatic rings. The van der Waals surface area contributed by atoms with E-state index in [2.05, 4.69) is 25.0 Å². The SMILES string of the molecule is c1cnn(-c2nc3nccnc3[nH]2)c1. The van der Waals surface area contributed by atoms with Gasteiger partial charge in [-0.15, -0.1) is 0 Å². The van der Waals surface area contributed by atoms with E-state index in [1.165, 1.54) is 0 Å². The van der Waals surface area contributed by atoms with E-state index in [9.17, 15) is 0 Å². The van der Waals surface area contributed by atoms with Crippen molar-refractivity contribution >= 4 is 11.3 Å². The van der Waals surface area contributed by atoms with Crippen molar-refractivity contribution in [3.05, 3.63) is 30.9 Å². The van der Waals surface area contributed by atoms with E-state index in [-0.39, 0.29) is 0 Å². The molecule has 6 heteroatoms. The maximum Gasteiger partial charge on any atom is 0.231 e. The van der Waals surface area contributed by atoms with Crippen molar-refractivity contribution in [2.45, 2.75) is 0 Å². The van der Waals surface area contributed by atoms with Crippen molar-refractivity contribution < 1.29 is 0 Å². The van der Waals surface area contributed by atoms with Crippen molar-refractivity contribution in [2.75, 3.05) is 0 Å². The summed E-state index contributed by atoms with van der Waals surface area (Å²) in [7, 11) is 0. The number of hydrogen-bond acceptors (Lipinski definition) is 4. The van der Waals surface area contributed by atoms with E-state index in [1.54, 1.807) is 29.5 Å². The van der Waals surface area contributed by atoms with Crippen molar-refractivity contribution in [1.29, 1.82) is 0 Å². The van der Waals surface area contributed by atoms with Crippen molar-refractivity contribution in [1.82, 2.24) is 29.7 Å². The predicted octanol–water partition coefficient (Wildman–Crippen LogP) is 0.539. The van der Waals surface area contributed by atoms with E-state index in [4.69, 9.17) is 0 Å². The minimum Gasteiger partial charge on any atom is -0.305 e. The topological polar surface area (TPSA) is 72.3 Å². The third-order valence-electron chi connectivity index (χ3n) is 1.84. The summed E-state index contributed by atoms with van der Waals surface area (Å²) in [5.74, 6) is 0.621. The lowest BCUT2D eigenvalue weighted by Gasteiger charge is -1.90. The molecule has 0 atom stereocenters. The minimum atomic E-state index is 0.595. The van der Waals surface area contributed by atoms with Crippen LogP contribution in [0.25, 0.3) is 17.2 Å². The zero-order valence-corrected chi connectivity index (χ0v) is 7.12. The number of fused-ring (bicyclic) bond motifs is 1. The first-order valence-electron chi connectivity index (χ1n) is 4.10. The van der Waals surface area contributed by atoms with E-state index in [1.807, 2.05) is 6.07 Å². The highest BCUT2D eigenvalue weighted by Gasteiger charge is 2.04. The second kappa shape index (κ2) is 2.63. The van der Waals surface area contributed by atoms with Crippen LogP contribution in [0, 0.1) is 0 Å². The van der Waals surface area contributed by atoms with Crippen LogP contribution < -0.4 is 0 Å². The van der Waals surface area contributed by atoms with Gasteiger partial charge in [-0.25, -0.2) is 14.6 Å². The molecule has 0 fully saturated rings. The highest BCUT2D eigenvalue weighted by atomic mass is 15.3. The van der Waals surface area contributed by atoms with Gasteiger partial charge in [0.25, 0.3) is 0 Å². The molecular formula is C8H6N6. The number of hydrogen-bond donors (Lipinski definition) is 1. The van der Waals surface area contributed by atoms with Crippen LogP contribution in [0.1, 0.15) is 0 Å². The third kappa shape index (κ3) is 0.972. The van der Waals surface area contributed by atoms with Gasteiger partial charge in [-0.05, 0) is 6.07 Å². The lowest BCUT2D eigenvalue weighted by atomic mass is 10.7. The van der Waals surface area contributed by atoms with Crippen molar-refractivity contribution in [3.8, 4) is 5.95 Å². The average molecular weight is 186 g/mol. The molecule has 0 aliphatic rings. The minimum absolute atomic E-state index is 0.595. The molecule has 6 nitrogen and oxygen atoms in total. The van der Waals surface area contributed by atoms with Crippen LogP contribution in [-0.2, 0) is 0 Å². The Morgan fingerprint density at radius 2 is 2.07 bits per heavy atom. The molecule has 68 valence electrons. The van der Waals surface area contributed by atoms with Gasteiger partial charge in [-0.3, -0.25) is 0 Å². The number of nitrogens with zero attached hydrogens (tertiary/aromatic N) is 5. The second-order valence-electron chi connectivity index (χ2n) is 2.74. The van der Waals surface area contributed by atoms with Gasteiger partial charge in [0.05, 0.1) is 0 Å². The first-order chi connectivity index (χ1) is 6.93. The molecule has 0 spiro atoms. The zero-order valence-electron chi connectivity index (χ0n) is 7.12. The van der Waals surface area contributed by atoms with E-state index < -0.39 is 0 Å². The summed E-state index contributed by atoms with van der Waals surface area (Å²) in [5, 5.41) is 4.05. The maximum atomic E-state index is 4.23. The molecule has 0 aliphatic carbocycles. The van der Waals surface area contributed by atoms with Crippen molar-refractivity contribution in [2.24, 2.45) is 0 Å². The van der Waals surface area contributed by atoms with Gasteiger partial charge < -0.3 is 4.98 Å². The highest BCUT2D eigenvalue weighted by molar-refractivity contribution is 5.66. The molecule has 1 N–H and O–H groups in total. The van der Waals surface area contributed by atoms with Gasteiger partial charge in [0.2, 0.25) is 5.95 Å². The Kier molecular flexibility index (Phi) is 1.35. The molecule has 14 heavy (non-hydrogen) atoms. The normalized spacial score (nSPS) is 10.9. The molecule has 0 saturated heterocycles. The van der Waals surface area contributed by atoms with Gasteiger partial charge in [0, 0.05) is 24.8 Å². The molecule has 0 aromatic carbocycles. The molecule has 0 saturated carbocycles. The smallest absolute Gasteiger partial charge is 0.231 e. The van der Waals surface area contributed by atoms with Gasteiger partial charge in [-0.2, -0.15) is 10.1 Å². The zero-order chi connectivity index (χ0) is 9.38. The largest absolute Gasteiger partial charge is 0.305 e. The van der Waals surface area contributed by atoms with Crippen LogP contribution in [0.4, 0.5) is 0 Å². The Hall–Kier alpha value is -2.24. The summed E-state index contributed by atoms with van der Waals surface area (Å²) >= 11 is 0. The summed E-state index contributed by atoms with van der Waals surface area (Å²) in [6.45, 7) is 0. The predicted molar refractivity (Wildman–Crippen MR) is 48.8 cm³/mol. The Morgan fingerprint density at radius 1 is 1.14 bits per heavy atom. The number of nitrogens with one attached hydrogen (secondary N) is 1. The Bertz CT molecular complexity index is 519. The molecule has 3 aromatic heterocycles. The fourth-order valence-electron chi connectivity index (χ4n) is 1.24. The lowest BCUT2D eigenvalue weighted by Crippen LogP contribution is -1.95. The number of aromatic amines is 1. The number of H-pyrrole nitrogens is 1. The highest BCUT2D eigenvalue weighted by Crippen LogP contribution is 2.06. The molecular weight excluding hydrogens is 180 g/mol. The number of imidazole rings is 1. The molecule has 0 aliphatic heterocycles. The molecule has 3 heterocycles. The maximum absolute atomic E-state index is 4.23. The summed E-state index contributed by atoms with van der Waals surface area (Å²) in [5.41, 5.74) is 1.26.